The van der Waals surface area contributed by atoms with E-state index >= 15 is 0 Å². The third-order valence-electron chi connectivity index (χ3n) is 1.58. The fourth-order valence-electron chi connectivity index (χ4n) is 0.937. The van der Waals surface area contributed by atoms with Crippen molar-refractivity contribution in [1.82, 2.24) is 0 Å². The molecular weight excluding hydrogens is 210 g/mol. The van der Waals surface area contributed by atoms with E-state index in [1.54, 1.807) is 0 Å². The summed E-state index contributed by atoms with van der Waals surface area (Å²) in [5, 5.41) is 0. The summed E-state index contributed by atoms with van der Waals surface area (Å²) in [5.41, 5.74) is 0.275. The molecule has 0 fully saturated rings. The highest BCUT2D eigenvalue weighted by molar-refractivity contribution is 7.90. The summed E-state index contributed by atoms with van der Waals surface area (Å²) in [4.78, 5) is 0.119. The van der Waals surface area contributed by atoms with Gasteiger partial charge in [-0.3, -0.25) is 0 Å². The number of rotatable bonds is 2. The summed E-state index contributed by atoms with van der Waals surface area (Å²) < 4.78 is 45.6. The summed E-state index contributed by atoms with van der Waals surface area (Å²) in [6, 6.07) is 5.25. The summed E-state index contributed by atoms with van der Waals surface area (Å²) in [5.74, 6) is 0. The Bertz CT molecular complexity index is 442. The molecule has 0 amide bonds. The molecule has 0 atom stereocenters. The molecule has 0 aliphatic carbocycles. The first-order chi connectivity index (χ1) is 6.39. The number of hydrogen-bond donors (Lipinski definition) is 0. The van der Waals surface area contributed by atoms with Crippen LogP contribution in [0.5, 0.6) is 0 Å². The fraction of sp³-hybridized carbons (Fsp3) is 0.111. The first-order valence-corrected chi connectivity index (χ1v) is 5.61. The first-order valence-electron chi connectivity index (χ1n) is 3.72. The molecule has 0 aliphatic rings. The summed E-state index contributed by atoms with van der Waals surface area (Å²) in [6.45, 7) is 0. The molecule has 76 valence electrons. The van der Waals surface area contributed by atoms with Crippen LogP contribution in [0.4, 0.5) is 8.78 Å². The molecule has 2 nitrogen and oxygen atoms in total. The zero-order valence-corrected chi connectivity index (χ0v) is 8.18. The Morgan fingerprint density at radius 3 is 2.07 bits per heavy atom. The second-order valence-electron chi connectivity index (χ2n) is 2.78. The molecule has 0 aromatic heterocycles. The molecule has 0 radical (unpaired) electrons. The van der Waals surface area contributed by atoms with Gasteiger partial charge < -0.3 is 0 Å². The van der Waals surface area contributed by atoms with Crippen LogP contribution in [0.3, 0.4) is 0 Å². The van der Waals surface area contributed by atoms with Crippen LogP contribution in [0.25, 0.3) is 6.08 Å². The van der Waals surface area contributed by atoms with Gasteiger partial charge in [-0.2, -0.15) is 8.78 Å². The number of halogens is 2. The zero-order chi connectivity index (χ0) is 10.8. The number of sulfone groups is 1. The van der Waals surface area contributed by atoms with Crippen molar-refractivity contribution in [2.24, 2.45) is 0 Å². The van der Waals surface area contributed by atoms with E-state index in [0.717, 1.165) is 6.26 Å². The molecule has 5 heteroatoms. The second-order valence-corrected chi connectivity index (χ2v) is 4.79. The molecule has 1 rings (SSSR count). The Balaban J connectivity index is 3.08. The van der Waals surface area contributed by atoms with Gasteiger partial charge in [0.15, 0.2) is 9.84 Å². The van der Waals surface area contributed by atoms with Crippen LogP contribution >= 0.6 is 0 Å². The van der Waals surface area contributed by atoms with Gasteiger partial charge in [-0.15, -0.1) is 0 Å². The maximum Gasteiger partial charge on any atom is 0.270 e. The Kier molecular flexibility index (Phi) is 3.00. The molecule has 0 saturated heterocycles. The van der Waals surface area contributed by atoms with E-state index in [0.29, 0.717) is 6.08 Å². The highest BCUT2D eigenvalue weighted by atomic mass is 32.2. The second kappa shape index (κ2) is 3.88. The molecule has 14 heavy (non-hydrogen) atoms. The predicted octanol–water partition coefficient (Wildman–Crippen LogP) is 2.33. The first kappa shape index (κ1) is 10.8. The third-order valence-corrected chi connectivity index (χ3v) is 2.71. The van der Waals surface area contributed by atoms with Crippen LogP contribution in [0.1, 0.15) is 5.56 Å². The summed E-state index contributed by atoms with van der Waals surface area (Å²) in [7, 11) is -3.26. The van der Waals surface area contributed by atoms with E-state index < -0.39 is 15.9 Å². The molecule has 0 unspecified atom stereocenters. The monoisotopic (exact) mass is 218 g/mol. The van der Waals surface area contributed by atoms with E-state index in [9.17, 15) is 17.2 Å². The SMILES string of the molecule is CS(=O)(=O)c1ccc(C=C(F)F)cc1. The molecular formula is C9H8F2O2S. The molecule has 0 aliphatic heterocycles. The normalized spacial score (nSPS) is 11.1. The van der Waals surface area contributed by atoms with Crippen molar-refractivity contribution < 1.29 is 17.2 Å². The molecule has 0 bridgehead atoms. The van der Waals surface area contributed by atoms with Gasteiger partial charge in [0.2, 0.25) is 0 Å². The lowest BCUT2D eigenvalue weighted by Crippen LogP contribution is -1.96. The minimum absolute atomic E-state index is 0.119. The smallest absolute Gasteiger partial charge is 0.224 e. The van der Waals surface area contributed by atoms with E-state index in [-0.39, 0.29) is 10.5 Å². The molecule has 0 heterocycles. The Hall–Kier alpha value is -1.23. The van der Waals surface area contributed by atoms with Gasteiger partial charge in [-0.05, 0) is 17.7 Å². The van der Waals surface area contributed by atoms with Gasteiger partial charge in [-0.1, -0.05) is 12.1 Å². The van der Waals surface area contributed by atoms with Crippen molar-refractivity contribution >= 4 is 15.9 Å². The maximum absolute atomic E-state index is 11.8. The van der Waals surface area contributed by atoms with Crippen LogP contribution < -0.4 is 0 Å². The van der Waals surface area contributed by atoms with Crippen molar-refractivity contribution in [1.29, 1.82) is 0 Å². The maximum atomic E-state index is 11.8. The van der Waals surface area contributed by atoms with Gasteiger partial charge in [0.05, 0.1) is 4.90 Å². The van der Waals surface area contributed by atoms with E-state index in [1.807, 2.05) is 0 Å². The van der Waals surface area contributed by atoms with Crippen molar-refractivity contribution in [2.45, 2.75) is 4.90 Å². The summed E-state index contributed by atoms with van der Waals surface area (Å²) >= 11 is 0. The van der Waals surface area contributed by atoms with Crippen molar-refractivity contribution in [3.05, 3.63) is 35.9 Å². The molecule has 0 saturated carbocycles. The lowest BCUT2D eigenvalue weighted by Gasteiger charge is -1.97. The minimum atomic E-state index is -3.26. The highest BCUT2D eigenvalue weighted by Gasteiger charge is 2.05. The quantitative estimate of drug-likeness (QED) is 0.763. The molecule has 0 spiro atoms. The topological polar surface area (TPSA) is 34.1 Å². The van der Waals surface area contributed by atoms with Crippen LogP contribution in [0.2, 0.25) is 0 Å². The summed E-state index contributed by atoms with van der Waals surface area (Å²) in [6.07, 6.45) is -0.0725. The van der Waals surface area contributed by atoms with Gasteiger partial charge in [-0.25, -0.2) is 8.42 Å². The van der Waals surface area contributed by atoms with E-state index in [4.69, 9.17) is 0 Å². The van der Waals surface area contributed by atoms with Crippen LogP contribution in [-0.4, -0.2) is 14.7 Å². The zero-order valence-electron chi connectivity index (χ0n) is 7.37. The number of hydrogen-bond acceptors (Lipinski definition) is 2. The van der Waals surface area contributed by atoms with Crippen LogP contribution in [0.15, 0.2) is 35.2 Å². The van der Waals surface area contributed by atoms with Crippen molar-refractivity contribution in [3.63, 3.8) is 0 Å². The van der Waals surface area contributed by atoms with Crippen molar-refractivity contribution in [3.8, 4) is 0 Å². The van der Waals surface area contributed by atoms with E-state index in [1.165, 1.54) is 24.3 Å². The standard InChI is InChI=1S/C9H8F2O2S/c1-14(12,13)8-4-2-7(3-5-8)6-9(10)11/h2-6H,1H3. The Labute approximate surface area is 80.8 Å². The third kappa shape index (κ3) is 2.92. The van der Waals surface area contributed by atoms with E-state index in [2.05, 4.69) is 0 Å². The van der Waals surface area contributed by atoms with Crippen LogP contribution in [-0.2, 0) is 9.84 Å². The Morgan fingerprint density at radius 2 is 1.71 bits per heavy atom. The van der Waals surface area contributed by atoms with Gasteiger partial charge in [0.25, 0.3) is 6.08 Å². The largest absolute Gasteiger partial charge is 0.270 e. The average molecular weight is 218 g/mol. The van der Waals surface area contributed by atoms with Gasteiger partial charge >= 0.3 is 0 Å². The molecule has 0 N–H and O–H groups in total. The van der Waals surface area contributed by atoms with Crippen LogP contribution in [0, 0.1) is 0 Å². The average Bonchev–Trinajstić information content (AvgIpc) is 2.02. The Morgan fingerprint density at radius 1 is 1.21 bits per heavy atom. The minimum Gasteiger partial charge on any atom is -0.224 e. The molecule has 1 aromatic carbocycles. The van der Waals surface area contributed by atoms with Gasteiger partial charge in [0, 0.05) is 12.3 Å². The number of benzene rings is 1. The lowest BCUT2D eigenvalue weighted by molar-refractivity contribution is 0.429. The highest BCUT2D eigenvalue weighted by Crippen LogP contribution is 2.13. The molecule has 1 aromatic rings. The lowest BCUT2D eigenvalue weighted by atomic mass is 10.2. The van der Waals surface area contributed by atoms with Crippen molar-refractivity contribution in [2.75, 3.05) is 6.26 Å². The predicted molar refractivity (Wildman–Crippen MR) is 49.7 cm³/mol. The fourth-order valence-corrected chi connectivity index (χ4v) is 1.57. The van der Waals surface area contributed by atoms with Gasteiger partial charge in [0.1, 0.15) is 0 Å².